The number of aliphatic carboxylic acids is 1. The minimum absolute atomic E-state index is 0.0810. The van der Waals surface area contributed by atoms with Crippen LogP contribution in [0.2, 0.25) is 0 Å². The van der Waals surface area contributed by atoms with Crippen LogP contribution in [-0.4, -0.2) is 54.5 Å². The van der Waals surface area contributed by atoms with Crippen LogP contribution in [0.1, 0.15) is 43.7 Å². The zero-order valence-electron chi connectivity index (χ0n) is 19.3. The second-order valence-electron chi connectivity index (χ2n) is 9.19. The molecule has 0 radical (unpaired) electrons. The third-order valence-corrected chi connectivity index (χ3v) is 6.32. The van der Waals surface area contributed by atoms with Gasteiger partial charge in [-0.2, -0.15) is 0 Å². The van der Waals surface area contributed by atoms with Crippen LogP contribution in [0.25, 0.3) is 11.1 Å². The van der Waals surface area contributed by atoms with Gasteiger partial charge in [-0.1, -0.05) is 62.4 Å². The quantitative estimate of drug-likeness (QED) is 0.550. The predicted octanol–water partition coefficient (Wildman–Crippen LogP) is 3.30. The van der Waals surface area contributed by atoms with E-state index < -0.39 is 36.2 Å². The molecule has 2 aromatic carbocycles. The molecular formula is C26H30N2O6. The molecule has 1 saturated heterocycles. The fourth-order valence-electron chi connectivity index (χ4n) is 4.75. The van der Waals surface area contributed by atoms with Crippen LogP contribution in [0.3, 0.4) is 0 Å². The van der Waals surface area contributed by atoms with Crippen molar-refractivity contribution in [3.63, 3.8) is 0 Å². The highest BCUT2D eigenvalue weighted by atomic mass is 16.5. The minimum Gasteiger partial charge on any atom is -0.479 e. The third kappa shape index (κ3) is 5.07. The smallest absolute Gasteiger partial charge is 0.407 e. The SMILES string of the molecule is CC(C)C[C@H](NC(=O)OCC1c2ccccc2-c2ccccc21)C(=O)NC1CCOC1C(=O)O. The summed E-state index contributed by atoms with van der Waals surface area (Å²) < 4.78 is 10.8. The molecule has 0 aromatic heterocycles. The van der Waals surface area contributed by atoms with E-state index in [1.54, 1.807) is 0 Å². The molecule has 2 amide bonds. The number of benzene rings is 2. The van der Waals surface area contributed by atoms with E-state index in [4.69, 9.17) is 9.47 Å². The molecule has 1 aliphatic heterocycles. The standard InChI is InChI=1S/C26H30N2O6/c1-15(2)13-22(24(29)27-21-11-12-33-23(21)25(30)31)28-26(32)34-14-20-18-9-5-3-7-16(18)17-8-4-6-10-19(17)20/h3-10,15,20-23H,11-14H2,1-2H3,(H,27,29)(H,28,32)(H,30,31)/t21?,22-,23?/m0/s1. The Hall–Kier alpha value is -3.39. The number of carboxylic acids is 1. The van der Waals surface area contributed by atoms with Gasteiger partial charge in [0.05, 0.1) is 6.04 Å². The Morgan fingerprint density at radius 1 is 1.06 bits per heavy atom. The topological polar surface area (TPSA) is 114 Å². The number of alkyl carbamates (subject to hydrolysis) is 1. The first-order valence-corrected chi connectivity index (χ1v) is 11.6. The highest BCUT2D eigenvalue weighted by molar-refractivity contribution is 5.87. The van der Waals surface area contributed by atoms with E-state index >= 15 is 0 Å². The minimum atomic E-state index is -1.12. The van der Waals surface area contributed by atoms with Gasteiger partial charge in [-0.05, 0) is 41.0 Å². The van der Waals surface area contributed by atoms with E-state index in [9.17, 15) is 19.5 Å². The van der Waals surface area contributed by atoms with Crippen molar-refractivity contribution in [2.24, 2.45) is 5.92 Å². The van der Waals surface area contributed by atoms with Crippen LogP contribution in [0.15, 0.2) is 48.5 Å². The van der Waals surface area contributed by atoms with E-state index in [0.717, 1.165) is 22.3 Å². The first-order valence-electron chi connectivity index (χ1n) is 11.6. The number of ether oxygens (including phenoxy) is 2. The lowest BCUT2D eigenvalue weighted by atomic mass is 9.98. The molecule has 1 fully saturated rings. The second-order valence-corrected chi connectivity index (χ2v) is 9.19. The van der Waals surface area contributed by atoms with E-state index in [0.29, 0.717) is 12.8 Å². The molecule has 0 saturated carbocycles. The number of rotatable bonds is 8. The Kier molecular flexibility index (Phi) is 7.17. The van der Waals surface area contributed by atoms with Gasteiger partial charge in [0.2, 0.25) is 5.91 Å². The Labute approximate surface area is 198 Å². The van der Waals surface area contributed by atoms with E-state index in [1.165, 1.54) is 0 Å². The zero-order chi connectivity index (χ0) is 24.2. The second kappa shape index (κ2) is 10.3. The van der Waals surface area contributed by atoms with Crippen molar-refractivity contribution in [1.82, 2.24) is 10.6 Å². The number of amides is 2. The lowest BCUT2D eigenvalue weighted by molar-refractivity contribution is -0.148. The van der Waals surface area contributed by atoms with Crippen molar-refractivity contribution in [2.45, 2.75) is 50.8 Å². The molecule has 180 valence electrons. The molecule has 8 nitrogen and oxygen atoms in total. The van der Waals surface area contributed by atoms with Crippen molar-refractivity contribution in [1.29, 1.82) is 0 Å². The van der Waals surface area contributed by atoms with Gasteiger partial charge in [-0.15, -0.1) is 0 Å². The van der Waals surface area contributed by atoms with Crippen molar-refractivity contribution >= 4 is 18.0 Å². The molecule has 2 unspecified atom stereocenters. The van der Waals surface area contributed by atoms with Gasteiger partial charge in [0.1, 0.15) is 12.6 Å². The number of carbonyl (C=O) groups excluding carboxylic acids is 2. The third-order valence-electron chi connectivity index (χ3n) is 6.32. The first kappa shape index (κ1) is 23.8. The average Bonchev–Trinajstić information content (AvgIpc) is 3.39. The van der Waals surface area contributed by atoms with Crippen molar-refractivity contribution in [2.75, 3.05) is 13.2 Å². The number of carbonyl (C=O) groups is 3. The van der Waals surface area contributed by atoms with Crippen LogP contribution < -0.4 is 10.6 Å². The summed E-state index contributed by atoms with van der Waals surface area (Å²) in [6.07, 6.45) is -0.971. The lowest BCUT2D eigenvalue weighted by Gasteiger charge is -2.24. The van der Waals surface area contributed by atoms with Crippen molar-refractivity contribution in [3.8, 4) is 11.1 Å². The molecule has 3 N–H and O–H groups in total. The van der Waals surface area contributed by atoms with Crippen molar-refractivity contribution < 1.29 is 29.0 Å². The van der Waals surface area contributed by atoms with Gasteiger partial charge in [0.25, 0.3) is 0 Å². The molecule has 1 aliphatic carbocycles. The molecule has 34 heavy (non-hydrogen) atoms. The van der Waals surface area contributed by atoms with Gasteiger partial charge in [-0.25, -0.2) is 9.59 Å². The molecular weight excluding hydrogens is 436 g/mol. The van der Waals surface area contributed by atoms with E-state index in [2.05, 4.69) is 22.8 Å². The normalized spacial score (nSPS) is 19.9. The summed E-state index contributed by atoms with van der Waals surface area (Å²) in [7, 11) is 0. The number of nitrogens with one attached hydrogen (secondary N) is 2. The number of hydrogen-bond acceptors (Lipinski definition) is 5. The van der Waals surface area contributed by atoms with Crippen LogP contribution >= 0.6 is 0 Å². The molecule has 4 rings (SSSR count). The fourth-order valence-corrected chi connectivity index (χ4v) is 4.75. The zero-order valence-corrected chi connectivity index (χ0v) is 19.3. The summed E-state index contributed by atoms with van der Waals surface area (Å²) in [6.45, 7) is 4.29. The Morgan fingerprint density at radius 3 is 2.26 bits per heavy atom. The largest absolute Gasteiger partial charge is 0.479 e. The van der Waals surface area contributed by atoms with Gasteiger partial charge in [0, 0.05) is 12.5 Å². The first-order chi connectivity index (χ1) is 16.3. The summed E-state index contributed by atoms with van der Waals surface area (Å²) in [6, 6.07) is 14.7. The number of carboxylic acid groups (broad SMARTS) is 1. The molecule has 2 aromatic rings. The Balaban J connectivity index is 1.40. The average molecular weight is 467 g/mol. The van der Waals surface area contributed by atoms with Gasteiger partial charge in [-0.3, -0.25) is 4.79 Å². The van der Waals surface area contributed by atoms with Crippen LogP contribution in [0.4, 0.5) is 4.79 Å². The molecule has 8 heteroatoms. The lowest BCUT2D eigenvalue weighted by Crippen LogP contribution is -2.53. The fraction of sp³-hybridized carbons (Fsp3) is 0.423. The Morgan fingerprint density at radius 2 is 1.68 bits per heavy atom. The maximum Gasteiger partial charge on any atom is 0.407 e. The van der Waals surface area contributed by atoms with Gasteiger partial charge >= 0.3 is 12.1 Å². The summed E-state index contributed by atoms with van der Waals surface area (Å²) in [5.74, 6) is -1.51. The van der Waals surface area contributed by atoms with Gasteiger partial charge in [0.15, 0.2) is 6.10 Å². The molecule has 2 aliphatic rings. The van der Waals surface area contributed by atoms with E-state index in [-0.39, 0.29) is 25.0 Å². The molecule has 1 heterocycles. The molecule has 0 spiro atoms. The maximum absolute atomic E-state index is 12.9. The van der Waals surface area contributed by atoms with Gasteiger partial charge < -0.3 is 25.2 Å². The van der Waals surface area contributed by atoms with E-state index in [1.807, 2.05) is 50.2 Å². The highest BCUT2D eigenvalue weighted by Gasteiger charge is 2.37. The highest BCUT2D eigenvalue weighted by Crippen LogP contribution is 2.44. The molecule has 3 atom stereocenters. The van der Waals surface area contributed by atoms with Crippen LogP contribution in [0.5, 0.6) is 0 Å². The summed E-state index contributed by atoms with van der Waals surface area (Å²) in [4.78, 5) is 36.9. The predicted molar refractivity (Wildman–Crippen MR) is 125 cm³/mol. The summed E-state index contributed by atoms with van der Waals surface area (Å²) >= 11 is 0. The summed E-state index contributed by atoms with van der Waals surface area (Å²) in [5.41, 5.74) is 4.48. The Bertz CT molecular complexity index is 1020. The summed E-state index contributed by atoms with van der Waals surface area (Å²) in [5, 5.41) is 14.7. The van der Waals surface area contributed by atoms with Crippen LogP contribution in [-0.2, 0) is 19.1 Å². The van der Waals surface area contributed by atoms with Crippen molar-refractivity contribution in [3.05, 3.63) is 59.7 Å². The molecule has 0 bridgehead atoms. The number of fused-ring (bicyclic) bond motifs is 3. The maximum atomic E-state index is 12.9. The van der Waals surface area contributed by atoms with Crippen LogP contribution in [0, 0.1) is 5.92 Å². The number of hydrogen-bond donors (Lipinski definition) is 3. The monoisotopic (exact) mass is 466 g/mol.